The normalized spacial score (nSPS) is 10.4. The number of anilines is 3. The average Bonchev–Trinajstić information content (AvgIpc) is 2.64. The number of hydrogen-bond donors (Lipinski definition) is 1. The Balaban J connectivity index is 1.82. The van der Waals surface area contributed by atoms with Crippen LogP contribution in [0, 0.1) is 6.92 Å². The molecule has 3 rings (SSSR count). The van der Waals surface area contributed by atoms with E-state index in [0.717, 1.165) is 15.7 Å². The topological polar surface area (TPSA) is 58.1 Å². The number of halogens is 1. The number of nitrogens with one attached hydrogen (secondary N) is 1. The van der Waals surface area contributed by atoms with Crippen LogP contribution in [0.3, 0.4) is 0 Å². The number of rotatable bonds is 4. The molecule has 2 aromatic carbocycles. The highest BCUT2D eigenvalue weighted by Gasteiger charge is 2.13. The Kier molecular flexibility index (Phi) is 5.09. The minimum Gasteiger partial charge on any atom is -0.329 e. The summed E-state index contributed by atoms with van der Waals surface area (Å²) in [6.07, 6.45) is 1.40. The molecule has 0 bridgehead atoms. The van der Waals surface area contributed by atoms with E-state index < -0.39 is 0 Å². The summed E-state index contributed by atoms with van der Waals surface area (Å²) in [7, 11) is 1.90. The van der Waals surface area contributed by atoms with E-state index in [9.17, 15) is 4.79 Å². The minimum atomic E-state index is -0.283. The average molecular weight is 397 g/mol. The fourth-order valence-corrected chi connectivity index (χ4v) is 2.94. The van der Waals surface area contributed by atoms with Gasteiger partial charge in [0.1, 0.15) is 17.8 Å². The van der Waals surface area contributed by atoms with Gasteiger partial charge < -0.3 is 10.2 Å². The summed E-state index contributed by atoms with van der Waals surface area (Å²) in [5.74, 6) is 0.365. The number of carbonyl (C=O) groups excluding carboxylic acids is 1. The molecule has 126 valence electrons. The third-order valence-electron chi connectivity index (χ3n) is 3.75. The minimum absolute atomic E-state index is 0.283. The fourth-order valence-electron chi connectivity index (χ4n) is 2.35. The van der Waals surface area contributed by atoms with Gasteiger partial charge in [-0.15, -0.1) is 0 Å². The van der Waals surface area contributed by atoms with E-state index in [0.29, 0.717) is 17.2 Å². The Hall–Kier alpha value is -2.73. The van der Waals surface area contributed by atoms with Crippen molar-refractivity contribution in [3.8, 4) is 0 Å². The molecule has 0 spiro atoms. The van der Waals surface area contributed by atoms with Crippen LogP contribution in [0.1, 0.15) is 16.1 Å². The highest BCUT2D eigenvalue weighted by Crippen LogP contribution is 2.25. The van der Waals surface area contributed by atoms with Crippen LogP contribution in [0.15, 0.2) is 65.4 Å². The lowest BCUT2D eigenvalue weighted by Gasteiger charge is -2.18. The van der Waals surface area contributed by atoms with Crippen LogP contribution in [-0.2, 0) is 0 Å². The van der Waals surface area contributed by atoms with Gasteiger partial charge in [0.05, 0.1) is 5.69 Å². The second-order valence-corrected chi connectivity index (χ2v) is 6.45. The molecule has 0 aliphatic heterocycles. The van der Waals surface area contributed by atoms with Gasteiger partial charge >= 0.3 is 0 Å². The molecule has 3 aromatic rings. The van der Waals surface area contributed by atoms with Crippen molar-refractivity contribution < 1.29 is 4.79 Å². The van der Waals surface area contributed by atoms with Gasteiger partial charge in [0.25, 0.3) is 5.91 Å². The second kappa shape index (κ2) is 7.44. The van der Waals surface area contributed by atoms with E-state index in [-0.39, 0.29) is 5.91 Å². The maximum Gasteiger partial charge on any atom is 0.274 e. The quantitative estimate of drug-likeness (QED) is 0.701. The number of amides is 1. The summed E-state index contributed by atoms with van der Waals surface area (Å²) in [5.41, 5.74) is 3.10. The SMILES string of the molecule is Cc1ccc(NC(=O)c2cc(N(C)c3ccccc3)ncn2)c(Br)c1. The molecule has 0 saturated heterocycles. The first-order valence-electron chi connectivity index (χ1n) is 7.73. The first kappa shape index (κ1) is 17.1. The number of hydrogen-bond acceptors (Lipinski definition) is 4. The number of para-hydroxylation sites is 1. The van der Waals surface area contributed by atoms with Crippen LogP contribution in [0.25, 0.3) is 0 Å². The number of carbonyl (C=O) groups is 1. The molecule has 6 heteroatoms. The summed E-state index contributed by atoms with van der Waals surface area (Å²) < 4.78 is 0.830. The highest BCUT2D eigenvalue weighted by atomic mass is 79.9. The van der Waals surface area contributed by atoms with Crippen molar-refractivity contribution in [2.75, 3.05) is 17.3 Å². The van der Waals surface area contributed by atoms with Crippen molar-refractivity contribution >= 4 is 39.0 Å². The van der Waals surface area contributed by atoms with Gasteiger partial charge in [-0.1, -0.05) is 24.3 Å². The molecule has 0 atom stereocenters. The number of nitrogens with zero attached hydrogens (tertiary/aromatic N) is 3. The molecule has 0 saturated carbocycles. The molecule has 0 aliphatic carbocycles. The molecular formula is C19H17BrN4O. The van der Waals surface area contributed by atoms with Gasteiger partial charge in [-0.2, -0.15) is 0 Å². The number of aromatic nitrogens is 2. The summed E-state index contributed by atoms with van der Waals surface area (Å²) in [5, 5.41) is 2.87. The van der Waals surface area contributed by atoms with E-state index in [1.165, 1.54) is 6.33 Å². The first-order valence-corrected chi connectivity index (χ1v) is 8.52. The molecule has 25 heavy (non-hydrogen) atoms. The molecule has 1 amide bonds. The van der Waals surface area contributed by atoms with Gasteiger partial charge in [0, 0.05) is 23.3 Å². The Morgan fingerprint density at radius 3 is 2.56 bits per heavy atom. The third-order valence-corrected chi connectivity index (χ3v) is 4.40. The van der Waals surface area contributed by atoms with Crippen molar-refractivity contribution in [3.05, 3.63) is 76.7 Å². The van der Waals surface area contributed by atoms with E-state index in [2.05, 4.69) is 31.2 Å². The van der Waals surface area contributed by atoms with Crippen LogP contribution < -0.4 is 10.2 Å². The largest absolute Gasteiger partial charge is 0.329 e. The Morgan fingerprint density at radius 1 is 1.08 bits per heavy atom. The third kappa shape index (κ3) is 4.03. The van der Waals surface area contributed by atoms with Crippen LogP contribution >= 0.6 is 15.9 Å². The van der Waals surface area contributed by atoms with Gasteiger partial charge in [-0.25, -0.2) is 9.97 Å². The van der Waals surface area contributed by atoms with Gasteiger partial charge in [-0.05, 0) is 52.7 Å². The summed E-state index contributed by atoms with van der Waals surface area (Å²) in [6, 6.07) is 17.2. The van der Waals surface area contributed by atoms with Gasteiger partial charge in [-0.3, -0.25) is 4.79 Å². The molecule has 1 aromatic heterocycles. The van der Waals surface area contributed by atoms with Crippen molar-refractivity contribution in [1.82, 2.24) is 9.97 Å². The number of benzene rings is 2. The fraction of sp³-hybridized carbons (Fsp3) is 0.105. The summed E-state index contributed by atoms with van der Waals surface area (Å²) in [4.78, 5) is 22.8. The Labute approximate surface area is 154 Å². The van der Waals surface area contributed by atoms with Crippen LogP contribution in [-0.4, -0.2) is 22.9 Å². The maximum absolute atomic E-state index is 12.5. The van der Waals surface area contributed by atoms with E-state index in [1.807, 2.05) is 67.4 Å². The zero-order valence-electron chi connectivity index (χ0n) is 13.9. The zero-order valence-corrected chi connectivity index (χ0v) is 15.5. The molecule has 0 aliphatic rings. The van der Waals surface area contributed by atoms with Crippen LogP contribution in [0.5, 0.6) is 0 Å². The smallest absolute Gasteiger partial charge is 0.274 e. The lowest BCUT2D eigenvalue weighted by atomic mass is 10.2. The van der Waals surface area contributed by atoms with E-state index >= 15 is 0 Å². The van der Waals surface area contributed by atoms with Crippen LogP contribution in [0.2, 0.25) is 0 Å². The number of aryl methyl sites for hydroxylation is 1. The molecule has 0 radical (unpaired) electrons. The van der Waals surface area contributed by atoms with Crippen molar-refractivity contribution in [2.24, 2.45) is 0 Å². The summed E-state index contributed by atoms with van der Waals surface area (Å²) in [6.45, 7) is 1.99. The molecule has 0 unspecified atom stereocenters. The summed E-state index contributed by atoms with van der Waals surface area (Å²) >= 11 is 3.46. The van der Waals surface area contributed by atoms with E-state index in [4.69, 9.17) is 0 Å². The van der Waals surface area contributed by atoms with E-state index in [1.54, 1.807) is 6.07 Å². The van der Waals surface area contributed by atoms with Gasteiger partial charge in [0.15, 0.2) is 0 Å². The first-order chi connectivity index (χ1) is 12.0. The standard InChI is InChI=1S/C19H17BrN4O/c1-13-8-9-16(15(20)10-13)23-19(25)17-11-18(22-12-21-17)24(2)14-6-4-3-5-7-14/h3-12H,1-2H3,(H,23,25). The molecule has 1 N–H and O–H groups in total. The van der Waals surface area contributed by atoms with Crippen molar-refractivity contribution in [1.29, 1.82) is 0 Å². The lowest BCUT2D eigenvalue weighted by Crippen LogP contribution is -2.17. The monoisotopic (exact) mass is 396 g/mol. The maximum atomic E-state index is 12.5. The Bertz CT molecular complexity index is 899. The predicted molar refractivity (Wildman–Crippen MR) is 103 cm³/mol. The highest BCUT2D eigenvalue weighted by molar-refractivity contribution is 9.10. The predicted octanol–water partition coefficient (Wildman–Crippen LogP) is 4.57. The molecule has 1 heterocycles. The molecule has 0 fully saturated rings. The second-order valence-electron chi connectivity index (χ2n) is 5.59. The molecular weight excluding hydrogens is 380 g/mol. The van der Waals surface area contributed by atoms with Crippen molar-refractivity contribution in [3.63, 3.8) is 0 Å². The molecule has 5 nitrogen and oxygen atoms in total. The zero-order chi connectivity index (χ0) is 17.8. The van der Waals surface area contributed by atoms with Gasteiger partial charge in [0.2, 0.25) is 0 Å². The van der Waals surface area contributed by atoms with Crippen LogP contribution in [0.4, 0.5) is 17.2 Å². The Morgan fingerprint density at radius 2 is 1.84 bits per heavy atom. The lowest BCUT2D eigenvalue weighted by molar-refractivity contribution is 0.102. The van der Waals surface area contributed by atoms with Crippen molar-refractivity contribution in [2.45, 2.75) is 6.92 Å².